The van der Waals surface area contributed by atoms with Gasteiger partial charge < -0.3 is 15.5 Å². The molecule has 1 amide bonds. The summed E-state index contributed by atoms with van der Waals surface area (Å²) < 4.78 is 0.776. The molecule has 0 aliphatic heterocycles. The average Bonchev–Trinajstić information content (AvgIpc) is 2.85. The van der Waals surface area contributed by atoms with E-state index in [1.165, 1.54) is 23.5 Å². The van der Waals surface area contributed by atoms with Crippen molar-refractivity contribution in [3.8, 4) is 0 Å². The summed E-state index contributed by atoms with van der Waals surface area (Å²) in [6.07, 6.45) is 0. The number of hydrogen-bond acceptors (Lipinski definition) is 4. The second kappa shape index (κ2) is 6.06. The summed E-state index contributed by atoms with van der Waals surface area (Å²) in [4.78, 5) is 33.9. The van der Waals surface area contributed by atoms with Gasteiger partial charge in [-0.2, -0.15) is 0 Å². The van der Waals surface area contributed by atoms with Crippen molar-refractivity contribution < 1.29 is 24.6 Å². The molecule has 108 valence electrons. The SMILES string of the molecule is O=C(O)c1cc(NC(=O)c2csc(Br)c2)cc(C(=O)O)c1. The van der Waals surface area contributed by atoms with Crippen LogP contribution in [0.25, 0.3) is 0 Å². The van der Waals surface area contributed by atoms with E-state index in [0.717, 1.165) is 9.85 Å². The highest BCUT2D eigenvalue weighted by molar-refractivity contribution is 9.11. The number of anilines is 1. The van der Waals surface area contributed by atoms with Gasteiger partial charge in [-0.05, 0) is 40.2 Å². The largest absolute Gasteiger partial charge is 0.478 e. The molecule has 8 heteroatoms. The Labute approximate surface area is 131 Å². The number of thiophene rings is 1. The molecule has 0 aliphatic carbocycles. The van der Waals surface area contributed by atoms with Gasteiger partial charge >= 0.3 is 11.9 Å². The number of hydrogen-bond donors (Lipinski definition) is 3. The molecular weight excluding hydrogens is 362 g/mol. The molecule has 0 radical (unpaired) electrons. The van der Waals surface area contributed by atoms with Crippen LogP contribution in [0.4, 0.5) is 5.69 Å². The van der Waals surface area contributed by atoms with Crippen molar-refractivity contribution in [1.82, 2.24) is 0 Å². The second-order valence-corrected chi connectivity index (χ2v) is 6.29. The van der Waals surface area contributed by atoms with E-state index in [1.807, 2.05) is 0 Å². The third kappa shape index (κ3) is 3.67. The van der Waals surface area contributed by atoms with Gasteiger partial charge in [0.1, 0.15) is 0 Å². The molecule has 0 saturated heterocycles. The molecule has 0 fully saturated rings. The highest BCUT2D eigenvalue weighted by Crippen LogP contribution is 2.22. The van der Waals surface area contributed by atoms with Gasteiger partial charge in [0, 0.05) is 11.1 Å². The summed E-state index contributed by atoms with van der Waals surface area (Å²) in [5, 5.41) is 22.0. The number of nitrogens with one attached hydrogen (secondary N) is 1. The zero-order chi connectivity index (χ0) is 15.6. The lowest BCUT2D eigenvalue weighted by Gasteiger charge is -2.07. The van der Waals surface area contributed by atoms with Crippen LogP contribution in [0.1, 0.15) is 31.1 Å². The molecule has 21 heavy (non-hydrogen) atoms. The Hall–Kier alpha value is -2.19. The molecule has 2 rings (SSSR count). The Morgan fingerprint density at radius 3 is 1.95 bits per heavy atom. The van der Waals surface area contributed by atoms with Gasteiger partial charge in [-0.1, -0.05) is 0 Å². The maximum atomic E-state index is 12.0. The topological polar surface area (TPSA) is 104 Å². The van der Waals surface area contributed by atoms with Crippen LogP contribution in [-0.2, 0) is 0 Å². The van der Waals surface area contributed by atoms with E-state index >= 15 is 0 Å². The quantitative estimate of drug-likeness (QED) is 0.767. The average molecular weight is 370 g/mol. The van der Waals surface area contributed by atoms with Gasteiger partial charge in [-0.3, -0.25) is 4.79 Å². The van der Waals surface area contributed by atoms with Crippen molar-refractivity contribution in [2.75, 3.05) is 5.32 Å². The minimum atomic E-state index is -1.27. The second-order valence-electron chi connectivity index (χ2n) is 4.00. The van der Waals surface area contributed by atoms with E-state index in [9.17, 15) is 14.4 Å². The maximum Gasteiger partial charge on any atom is 0.335 e. The van der Waals surface area contributed by atoms with Crippen LogP contribution in [0.5, 0.6) is 0 Å². The number of aromatic carboxylic acids is 2. The van der Waals surface area contributed by atoms with E-state index in [4.69, 9.17) is 10.2 Å². The van der Waals surface area contributed by atoms with Crippen LogP contribution in [0.15, 0.2) is 33.4 Å². The Bertz CT molecular complexity index is 708. The fourth-order valence-electron chi connectivity index (χ4n) is 1.58. The standard InChI is InChI=1S/C13H8BrNO5S/c14-10-4-8(5-21-10)11(16)15-9-2-6(12(17)18)1-7(3-9)13(19)20/h1-5H,(H,15,16)(H,17,18)(H,19,20). The number of carboxylic acids is 2. The predicted octanol–water partition coefficient (Wildman–Crippen LogP) is 3.16. The number of amides is 1. The number of halogens is 1. The van der Waals surface area contributed by atoms with Gasteiger partial charge in [-0.25, -0.2) is 9.59 Å². The highest BCUT2D eigenvalue weighted by atomic mass is 79.9. The molecule has 0 atom stereocenters. The van der Waals surface area contributed by atoms with Gasteiger partial charge in [0.25, 0.3) is 5.91 Å². The third-order valence-electron chi connectivity index (χ3n) is 2.51. The lowest BCUT2D eigenvalue weighted by Crippen LogP contribution is -2.12. The minimum absolute atomic E-state index is 0.111. The lowest BCUT2D eigenvalue weighted by atomic mass is 10.1. The van der Waals surface area contributed by atoms with Crippen LogP contribution in [0.2, 0.25) is 0 Å². The van der Waals surface area contributed by atoms with Gasteiger partial charge in [0.2, 0.25) is 0 Å². The lowest BCUT2D eigenvalue weighted by molar-refractivity contribution is 0.0696. The van der Waals surface area contributed by atoms with E-state index in [-0.39, 0.29) is 16.8 Å². The van der Waals surface area contributed by atoms with E-state index in [2.05, 4.69) is 21.2 Å². The van der Waals surface area contributed by atoms with Crippen LogP contribution < -0.4 is 5.32 Å². The third-order valence-corrected chi connectivity index (χ3v) is 4.02. The normalized spacial score (nSPS) is 10.1. The Balaban J connectivity index is 2.32. The minimum Gasteiger partial charge on any atom is -0.478 e. The maximum absolute atomic E-state index is 12.0. The molecule has 0 aliphatic rings. The summed E-state index contributed by atoms with van der Waals surface area (Å²) in [6, 6.07) is 5.04. The van der Waals surface area contributed by atoms with Crippen molar-refractivity contribution >= 4 is 50.8 Å². The highest BCUT2D eigenvalue weighted by Gasteiger charge is 2.14. The number of carboxylic acid groups (broad SMARTS) is 2. The summed E-state index contributed by atoms with van der Waals surface area (Å²) in [7, 11) is 0. The van der Waals surface area contributed by atoms with Crippen molar-refractivity contribution in [2.45, 2.75) is 0 Å². The van der Waals surface area contributed by atoms with Crippen molar-refractivity contribution in [1.29, 1.82) is 0 Å². The van der Waals surface area contributed by atoms with Crippen LogP contribution >= 0.6 is 27.3 Å². The molecular formula is C13H8BrNO5S. The number of carbonyl (C=O) groups excluding carboxylic acids is 1. The first-order valence-electron chi connectivity index (χ1n) is 5.54. The molecule has 0 bridgehead atoms. The number of rotatable bonds is 4. The number of benzene rings is 1. The Morgan fingerprint density at radius 1 is 0.952 bits per heavy atom. The smallest absolute Gasteiger partial charge is 0.335 e. The van der Waals surface area contributed by atoms with E-state index < -0.39 is 17.8 Å². The van der Waals surface area contributed by atoms with Crippen molar-refractivity contribution in [3.63, 3.8) is 0 Å². The van der Waals surface area contributed by atoms with Gasteiger partial charge in [0.05, 0.1) is 20.5 Å². The molecule has 2 aromatic rings. The summed E-state index contributed by atoms with van der Waals surface area (Å²) in [5.41, 5.74) is 0.0810. The first-order chi connectivity index (χ1) is 9.86. The molecule has 1 aromatic carbocycles. The first-order valence-corrected chi connectivity index (χ1v) is 7.21. The van der Waals surface area contributed by atoms with Gasteiger partial charge in [-0.15, -0.1) is 11.3 Å². The molecule has 6 nitrogen and oxygen atoms in total. The molecule has 1 heterocycles. The van der Waals surface area contributed by atoms with Gasteiger partial charge in [0.15, 0.2) is 0 Å². The first kappa shape index (κ1) is 15.2. The summed E-state index contributed by atoms with van der Waals surface area (Å²) in [6.45, 7) is 0. The van der Waals surface area contributed by atoms with Crippen molar-refractivity contribution in [2.24, 2.45) is 0 Å². The molecule has 0 unspecified atom stereocenters. The molecule has 0 spiro atoms. The fourth-order valence-corrected chi connectivity index (χ4v) is 2.72. The number of carbonyl (C=O) groups is 3. The zero-order valence-electron chi connectivity index (χ0n) is 10.3. The Kier molecular flexibility index (Phi) is 4.39. The van der Waals surface area contributed by atoms with Crippen LogP contribution in [0.3, 0.4) is 0 Å². The fraction of sp³-hybridized carbons (Fsp3) is 0. The summed E-state index contributed by atoms with van der Waals surface area (Å²) >= 11 is 4.56. The summed E-state index contributed by atoms with van der Waals surface area (Å²) in [5.74, 6) is -2.99. The molecule has 3 N–H and O–H groups in total. The molecule has 0 saturated carbocycles. The Morgan fingerprint density at radius 2 is 1.52 bits per heavy atom. The predicted molar refractivity (Wildman–Crippen MR) is 80.3 cm³/mol. The zero-order valence-corrected chi connectivity index (χ0v) is 12.7. The molecule has 1 aromatic heterocycles. The monoisotopic (exact) mass is 369 g/mol. The van der Waals surface area contributed by atoms with Crippen LogP contribution in [0, 0.1) is 0 Å². The van der Waals surface area contributed by atoms with Crippen molar-refractivity contribution in [3.05, 3.63) is 50.1 Å². The van der Waals surface area contributed by atoms with Crippen LogP contribution in [-0.4, -0.2) is 28.1 Å². The van der Waals surface area contributed by atoms with E-state index in [1.54, 1.807) is 11.4 Å². The van der Waals surface area contributed by atoms with E-state index in [0.29, 0.717) is 5.56 Å².